The third-order valence-electron chi connectivity index (χ3n) is 2.78. The van der Waals surface area contributed by atoms with E-state index in [4.69, 9.17) is 11.5 Å². The number of nitrogens with two attached hydrogens (primary N) is 2. The van der Waals surface area contributed by atoms with E-state index < -0.39 is 0 Å². The van der Waals surface area contributed by atoms with E-state index in [-0.39, 0.29) is 5.97 Å². The van der Waals surface area contributed by atoms with Gasteiger partial charge in [-0.25, -0.2) is 4.79 Å². The zero-order valence-corrected chi connectivity index (χ0v) is 11.8. The second-order valence-electron chi connectivity index (χ2n) is 4.17. The van der Waals surface area contributed by atoms with Gasteiger partial charge in [0.2, 0.25) is 0 Å². The fourth-order valence-corrected chi connectivity index (χ4v) is 1.51. The van der Waals surface area contributed by atoms with Gasteiger partial charge in [-0.3, -0.25) is 0 Å². The van der Waals surface area contributed by atoms with E-state index in [1.54, 1.807) is 24.3 Å². The van der Waals surface area contributed by atoms with Gasteiger partial charge in [0.05, 0.1) is 24.0 Å². The number of nitrogen functional groups attached to an aromatic ring is 2. The van der Waals surface area contributed by atoms with Crippen molar-refractivity contribution < 1.29 is 9.53 Å². The van der Waals surface area contributed by atoms with Crippen molar-refractivity contribution in [2.45, 2.75) is 13.3 Å². The average Bonchev–Trinajstić information content (AvgIpc) is 2.50. The van der Waals surface area contributed by atoms with Crippen molar-refractivity contribution in [1.29, 1.82) is 0 Å². The van der Waals surface area contributed by atoms with Crippen molar-refractivity contribution in [3.8, 4) is 0 Å². The Labute approximate surface area is 119 Å². The minimum atomic E-state index is -0.280. The predicted molar refractivity (Wildman–Crippen MR) is 82.4 cm³/mol. The van der Waals surface area contributed by atoms with Crippen LogP contribution in [0.3, 0.4) is 0 Å². The largest absolute Gasteiger partial charge is 0.465 e. The van der Waals surface area contributed by atoms with E-state index in [0.717, 1.165) is 6.42 Å². The van der Waals surface area contributed by atoms with Crippen LogP contribution in [0.5, 0.6) is 0 Å². The van der Waals surface area contributed by atoms with Gasteiger partial charge in [0.25, 0.3) is 0 Å². The summed E-state index contributed by atoms with van der Waals surface area (Å²) in [4.78, 5) is 11.0. The molecule has 0 aromatic heterocycles. The number of hydrogen-bond donors (Lipinski definition) is 2. The summed E-state index contributed by atoms with van der Waals surface area (Å²) in [5, 5.41) is 0. The molecular formula is C16H20N2O2. The van der Waals surface area contributed by atoms with E-state index >= 15 is 0 Å². The lowest BCUT2D eigenvalue weighted by atomic mass is 10.1. The molecule has 0 amide bonds. The summed E-state index contributed by atoms with van der Waals surface area (Å²) in [6.07, 6.45) is 0.988. The van der Waals surface area contributed by atoms with E-state index in [2.05, 4.69) is 11.7 Å². The first-order valence-corrected chi connectivity index (χ1v) is 6.35. The Morgan fingerprint density at radius 1 is 1.00 bits per heavy atom. The molecule has 0 aliphatic heterocycles. The number of para-hydroxylation sites is 2. The highest BCUT2D eigenvalue weighted by Crippen LogP contribution is 2.10. The minimum Gasteiger partial charge on any atom is -0.465 e. The molecule has 106 valence electrons. The first-order valence-electron chi connectivity index (χ1n) is 6.35. The summed E-state index contributed by atoms with van der Waals surface area (Å²) >= 11 is 0. The number of carbonyl (C=O) groups excluding carboxylic acids is 1. The van der Waals surface area contributed by atoms with Gasteiger partial charge in [-0.1, -0.05) is 31.2 Å². The van der Waals surface area contributed by atoms with Crippen LogP contribution in [0, 0.1) is 0 Å². The highest BCUT2D eigenvalue weighted by molar-refractivity contribution is 5.89. The molecule has 0 atom stereocenters. The van der Waals surface area contributed by atoms with Gasteiger partial charge in [0, 0.05) is 0 Å². The molecule has 0 unspecified atom stereocenters. The summed E-state index contributed by atoms with van der Waals surface area (Å²) in [6, 6.07) is 14.7. The molecule has 0 aliphatic carbocycles. The Morgan fingerprint density at radius 3 is 1.85 bits per heavy atom. The zero-order valence-electron chi connectivity index (χ0n) is 11.8. The summed E-state index contributed by atoms with van der Waals surface area (Å²) in [7, 11) is 1.38. The van der Waals surface area contributed by atoms with Gasteiger partial charge in [-0.05, 0) is 36.2 Å². The van der Waals surface area contributed by atoms with Crippen molar-refractivity contribution in [2.75, 3.05) is 18.6 Å². The molecule has 0 spiro atoms. The number of ether oxygens (including phenoxy) is 1. The fourth-order valence-electron chi connectivity index (χ4n) is 1.51. The Hall–Kier alpha value is -2.49. The first kappa shape index (κ1) is 15.6. The lowest BCUT2D eigenvalue weighted by Crippen LogP contribution is -2.00. The van der Waals surface area contributed by atoms with Crippen LogP contribution in [0.4, 0.5) is 11.4 Å². The van der Waals surface area contributed by atoms with E-state index in [9.17, 15) is 4.79 Å². The van der Waals surface area contributed by atoms with Gasteiger partial charge in [0.1, 0.15) is 0 Å². The number of hydrogen-bond acceptors (Lipinski definition) is 4. The highest BCUT2D eigenvalue weighted by atomic mass is 16.5. The van der Waals surface area contributed by atoms with E-state index in [1.165, 1.54) is 12.7 Å². The lowest BCUT2D eigenvalue weighted by molar-refractivity contribution is 0.0600. The number of rotatable bonds is 2. The molecular weight excluding hydrogens is 252 g/mol. The predicted octanol–water partition coefficient (Wildman–Crippen LogP) is 2.89. The molecule has 0 radical (unpaired) electrons. The first-order chi connectivity index (χ1) is 9.58. The number of carbonyl (C=O) groups is 1. The van der Waals surface area contributed by atoms with Crippen molar-refractivity contribution in [3.05, 3.63) is 59.7 Å². The number of anilines is 2. The van der Waals surface area contributed by atoms with Gasteiger partial charge in [0.15, 0.2) is 0 Å². The summed E-state index contributed by atoms with van der Waals surface area (Å²) < 4.78 is 4.57. The fraction of sp³-hybridized carbons (Fsp3) is 0.188. The third kappa shape index (κ3) is 4.65. The van der Waals surface area contributed by atoms with Crippen LogP contribution in [0.1, 0.15) is 22.8 Å². The van der Waals surface area contributed by atoms with Crippen LogP contribution in [-0.2, 0) is 11.2 Å². The van der Waals surface area contributed by atoms with Gasteiger partial charge in [-0.2, -0.15) is 0 Å². The zero-order chi connectivity index (χ0) is 15.0. The van der Waals surface area contributed by atoms with Gasteiger partial charge >= 0.3 is 5.97 Å². The highest BCUT2D eigenvalue weighted by Gasteiger charge is 2.02. The SMILES string of the molecule is CCc1ccc(C(=O)OC)cc1.Nc1ccccc1N. The maximum atomic E-state index is 11.0. The Kier molecular flexibility index (Phi) is 6.10. The summed E-state index contributed by atoms with van der Waals surface area (Å²) in [5.74, 6) is -0.280. The van der Waals surface area contributed by atoms with Crippen LogP contribution in [0.2, 0.25) is 0 Å². The molecule has 4 heteroatoms. The lowest BCUT2D eigenvalue weighted by Gasteiger charge is -1.99. The Morgan fingerprint density at radius 2 is 1.50 bits per heavy atom. The second kappa shape index (κ2) is 7.84. The maximum Gasteiger partial charge on any atom is 0.337 e. The summed E-state index contributed by atoms with van der Waals surface area (Å²) in [6.45, 7) is 2.08. The molecule has 2 rings (SSSR count). The monoisotopic (exact) mass is 272 g/mol. The van der Waals surface area contributed by atoms with E-state index in [1.807, 2.05) is 24.3 Å². The van der Waals surface area contributed by atoms with Gasteiger partial charge in [-0.15, -0.1) is 0 Å². The molecule has 2 aromatic carbocycles. The van der Waals surface area contributed by atoms with Crippen LogP contribution in [-0.4, -0.2) is 13.1 Å². The number of methoxy groups -OCH3 is 1. The number of aryl methyl sites for hydroxylation is 1. The van der Waals surface area contributed by atoms with Crippen LogP contribution in [0.25, 0.3) is 0 Å². The van der Waals surface area contributed by atoms with Crippen molar-refractivity contribution >= 4 is 17.3 Å². The number of esters is 1. The van der Waals surface area contributed by atoms with Crippen LogP contribution >= 0.6 is 0 Å². The van der Waals surface area contributed by atoms with Crippen molar-refractivity contribution in [3.63, 3.8) is 0 Å². The average molecular weight is 272 g/mol. The van der Waals surface area contributed by atoms with Crippen LogP contribution < -0.4 is 11.5 Å². The van der Waals surface area contributed by atoms with Crippen molar-refractivity contribution in [2.24, 2.45) is 0 Å². The molecule has 4 nitrogen and oxygen atoms in total. The molecule has 4 N–H and O–H groups in total. The number of benzene rings is 2. The maximum absolute atomic E-state index is 11.0. The molecule has 2 aromatic rings. The smallest absolute Gasteiger partial charge is 0.337 e. The minimum absolute atomic E-state index is 0.280. The van der Waals surface area contributed by atoms with Crippen LogP contribution in [0.15, 0.2) is 48.5 Å². The summed E-state index contributed by atoms with van der Waals surface area (Å²) in [5.41, 5.74) is 13.9. The normalized spacial score (nSPS) is 9.30. The third-order valence-corrected chi connectivity index (χ3v) is 2.78. The Bertz CT molecular complexity index is 530. The quantitative estimate of drug-likeness (QED) is 0.651. The molecule has 0 heterocycles. The molecule has 0 bridgehead atoms. The second-order valence-corrected chi connectivity index (χ2v) is 4.17. The van der Waals surface area contributed by atoms with Crippen molar-refractivity contribution in [1.82, 2.24) is 0 Å². The molecule has 0 saturated carbocycles. The molecule has 0 aliphatic rings. The molecule has 0 saturated heterocycles. The standard InChI is InChI=1S/C10H12O2.C6H8N2/c1-3-8-4-6-9(7-5-8)10(11)12-2;7-5-3-1-2-4-6(5)8/h4-7H,3H2,1-2H3;1-4H,7-8H2. The molecule has 0 fully saturated rings. The molecule has 20 heavy (non-hydrogen) atoms. The van der Waals surface area contributed by atoms with Gasteiger partial charge < -0.3 is 16.2 Å². The van der Waals surface area contributed by atoms with E-state index in [0.29, 0.717) is 16.9 Å². The topological polar surface area (TPSA) is 78.3 Å². The Balaban J connectivity index is 0.000000217.